The summed E-state index contributed by atoms with van der Waals surface area (Å²) in [6, 6.07) is 14.2. The van der Waals surface area contributed by atoms with Gasteiger partial charge in [-0.15, -0.1) is 12.4 Å². The number of rotatable bonds is 3. The van der Waals surface area contributed by atoms with Crippen molar-refractivity contribution < 1.29 is 5.11 Å². The van der Waals surface area contributed by atoms with Crippen LogP contribution in [-0.4, -0.2) is 11.7 Å². The molecule has 0 fully saturated rings. The molecule has 0 bridgehead atoms. The number of benzene rings is 2. The van der Waals surface area contributed by atoms with Crippen LogP contribution in [0, 0.1) is 5.41 Å². The molecule has 0 spiro atoms. The molecule has 0 saturated carbocycles. The molecule has 0 unspecified atom stereocenters. The molecule has 18 heavy (non-hydrogen) atoms. The number of fused-ring (bicyclic) bond motifs is 1. The standard InChI is InChI=1S/C15H19NO.ClH/c1-15(2,10-17)14(16)13-9-5-7-11-6-3-4-8-12(11)13;/h3-9,14,17H,10,16H2,1-2H3;1H/t14-;/m1./s1. The monoisotopic (exact) mass is 265 g/mol. The van der Waals surface area contributed by atoms with Crippen LogP contribution in [0.3, 0.4) is 0 Å². The molecular formula is C15H20ClNO. The summed E-state index contributed by atoms with van der Waals surface area (Å²) in [6.07, 6.45) is 0. The van der Waals surface area contributed by atoms with Crippen LogP contribution in [0.25, 0.3) is 10.8 Å². The molecule has 1 atom stereocenters. The predicted molar refractivity (Wildman–Crippen MR) is 79.0 cm³/mol. The molecule has 3 N–H and O–H groups in total. The third-order valence-corrected chi connectivity index (χ3v) is 3.41. The minimum Gasteiger partial charge on any atom is -0.396 e. The third kappa shape index (κ3) is 2.66. The average Bonchev–Trinajstić information content (AvgIpc) is 2.37. The first kappa shape index (κ1) is 15.0. The highest BCUT2D eigenvalue weighted by atomic mass is 35.5. The third-order valence-electron chi connectivity index (χ3n) is 3.41. The van der Waals surface area contributed by atoms with Gasteiger partial charge in [-0.3, -0.25) is 0 Å². The lowest BCUT2D eigenvalue weighted by molar-refractivity contribution is 0.133. The van der Waals surface area contributed by atoms with Gasteiger partial charge in [0.1, 0.15) is 0 Å². The number of nitrogens with two attached hydrogens (primary N) is 1. The second kappa shape index (κ2) is 5.70. The number of hydrogen-bond acceptors (Lipinski definition) is 2. The van der Waals surface area contributed by atoms with E-state index in [1.165, 1.54) is 10.8 Å². The van der Waals surface area contributed by atoms with Crippen LogP contribution in [0.15, 0.2) is 42.5 Å². The first-order valence-electron chi connectivity index (χ1n) is 5.90. The fourth-order valence-electron chi connectivity index (χ4n) is 2.04. The van der Waals surface area contributed by atoms with E-state index in [9.17, 15) is 5.11 Å². The van der Waals surface area contributed by atoms with Gasteiger partial charge in [0.15, 0.2) is 0 Å². The Morgan fingerprint density at radius 3 is 2.39 bits per heavy atom. The highest BCUT2D eigenvalue weighted by molar-refractivity contribution is 5.86. The van der Waals surface area contributed by atoms with E-state index in [0.29, 0.717) is 0 Å². The summed E-state index contributed by atoms with van der Waals surface area (Å²) in [5.41, 5.74) is 7.07. The molecule has 0 aliphatic rings. The average molecular weight is 266 g/mol. The van der Waals surface area contributed by atoms with E-state index < -0.39 is 0 Å². The fourth-order valence-corrected chi connectivity index (χ4v) is 2.04. The molecule has 0 saturated heterocycles. The fraction of sp³-hybridized carbons (Fsp3) is 0.333. The van der Waals surface area contributed by atoms with Gasteiger partial charge in [0.25, 0.3) is 0 Å². The van der Waals surface area contributed by atoms with Crippen molar-refractivity contribution in [1.82, 2.24) is 0 Å². The second-order valence-corrected chi connectivity index (χ2v) is 5.19. The maximum absolute atomic E-state index is 9.42. The molecule has 2 aromatic carbocycles. The lowest BCUT2D eigenvalue weighted by Gasteiger charge is -2.30. The highest BCUT2D eigenvalue weighted by Crippen LogP contribution is 2.34. The SMILES string of the molecule is CC(C)(CO)[C@H](N)c1cccc2ccccc12.Cl. The Balaban J connectivity index is 0.00000162. The van der Waals surface area contributed by atoms with Gasteiger partial charge < -0.3 is 10.8 Å². The molecule has 2 nitrogen and oxygen atoms in total. The molecule has 0 aliphatic carbocycles. The first-order chi connectivity index (χ1) is 8.06. The molecule has 0 aliphatic heterocycles. The minimum absolute atomic E-state index is 0. The second-order valence-electron chi connectivity index (χ2n) is 5.19. The van der Waals surface area contributed by atoms with Crippen LogP contribution in [0.5, 0.6) is 0 Å². The number of aliphatic hydroxyl groups excluding tert-OH is 1. The minimum atomic E-state index is -0.315. The van der Waals surface area contributed by atoms with E-state index in [-0.39, 0.29) is 30.5 Å². The van der Waals surface area contributed by atoms with Crippen molar-refractivity contribution in [2.24, 2.45) is 11.1 Å². The van der Waals surface area contributed by atoms with Crippen molar-refractivity contribution in [3.05, 3.63) is 48.0 Å². The van der Waals surface area contributed by atoms with Crippen LogP contribution in [0.1, 0.15) is 25.5 Å². The van der Waals surface area contributed by atoms with Gasteiger partial charge in [-0.05, 0) is 16.3 Å². The largest absolute Gasteiger partial charge is 0.396 e. The van der Waals surface area contributed by atoms with Gasteiger partial charge in [0.05, 0.1) is 0 Å². The summed E-state index contributed by atoms with van der Waals surface area (Å²) in [5.74, 6) is 0. The van der Waals surface area contributed by atoms with Crippen molar-refractivity contribution in [3.8, 4) is 0 Å². The van der Waals surface area contributed by atoms with Crippen LogP contribution in [-0.2, 0) is 0 Å². The van der Waals surface area contributed by atoms with Crippen LogP contribution >= 0.6 is 12.4 Å². The summed E-state index contributed by atoms with van der Waals surface area (Å²) in [7, 11) is 0. The molecule has 0 amide bonds. The van der Waals surface area contributed by atoms with E-state index in [1.54, 1.807) is 0 Å². The summed E-state index contributed by atoms with van der Waals surface area (Å²) in [5, 5.41) is 11.8. The summed E-state index contributed by atoms with van der Waals surface area (Å²) in [4.78, 5) is 0. The zero-order valence-corrected chi connectivity index (χ0v) is 11.6. The van der Waals surface area contributed by atoms with Gasteiger partial charge in [0, 0.05) is 18.1 Å². The van der Waals surface area contributed by atoms with Crippen LogP contribution < -0.4 is 5.73 Å². The van der Waals surface area contributed by atoms with E-state index in [0.717, 1.165) is 5.56 Å². The Hall–Kier alpha value is -1.09. The first-order valence-corrected chi connectivity index (χ1v) is 5.90. The predicted octanol–water partition coefficient (Wildman–Crippen LogP) is 3.28. The zero-order chi connectivity index (χ0) is 12.5. The molecule has 0 radical (unpaired) electrons. The number of hydrogen-bond donors (Lipinski definition) is 2. The van der Waals surface area contributed by atoms with Gasteiger partial charge in [-0.25, -0.2) is 0 Å². The Labute approximate surface area is 114 Å². The van der Waals surface area contributed by atoms with Crippen LogP contribution in [0.2, 0.25) is 0 Å². The lowest BCUT2D eigenvalue weighted by atomic mass is 9.80. The van der Waals surface area contributed by atoms with Crippen molar-refractivity contribution in [2.75, 3.05) is 6.61 Å². The number of aliphatic hydroxyl groups is 1. The molecule has 3 heteroatoms. The van der Waals surface area contributed by atoms with Crippen LogP contribution in [0.4, 0.5) is 0 Å². The van der Waals surface area contributed by atoms with E-state index in [1.807, 2.05) is 38.1 Å². The van der Waals surface area contributed by atoms with Crippen molar-refractivity contribution in [2.45, 2.75) is 19.9 Å². The normalized spacial score (nSPS) is 13.1. The Bertz CT molecular complexity index is 519. The van der Waals surface area contributed by atoms with E-state index in [4.69, 9.17) is 5.73 Å². The highest BCUT2D eigenvalue weighted by Gasteiger charge is 2.27. The van der Waals surface area contributed by atoms with E-state index >= 15 is 0 Å². The van der Waals surface area contributed by atoms with Gasteiger partial charge >= 0.3 is 0 Å². The summed E-state index contributed by atoms with van der Waals surface area (Å²) < 4.78 is 0. The topological polar surface area (TPSA) is 46.2 Å². The van der Waals surface area contributed by atoms with Gasteiger partial charge in [-0.1, -0.05) is 56.3 Å². The van der Waals surface area contributed by atoms with Gasteiger partial charge in [0.2, 0.25) is 0 Å². The lowest BCUT2D eigenvalue weighted by Crippen LogP contribution is -2.32. The number of halogens is 1. The molecule has 0 heterocycles. The maximum Gasteiger partial charge on any atom is 0.0500 e. The smallest absolute Gasteiger partial charge is 0.0500 e. The van der Waals surface area contributed by atoms with Crippen molar-refractivity contribution in [3.63, 3.8) is 0 Å². The van der Waals surface area contributed by atoms with E-state index in [2.05, 4.69) is 18.2 Å². The van der Waals surface area contributed by atoms with Gasteiger partial charge in [-0.2, -0.15) is 0 Å². The Kier molecular flexibility index (Phi) is 4.74. The van der Waals surface area contributed by atoms with Crippen molar-refractivity contribution in [1.29, 1.82) is 0 Å². The molecular weight excluding hydrogens is 246 g/mol. The van der Waals surface area contributed by atoms with Crippen molar-refractivity contribution >= 4 is 23.2 Å². The Morgan fingerprint density at radius 2 is 1.72 bits per heavy atom. The molecule has 2 rings (SSSR count). The zero-order valence-electron chi connectivity index (χ0n) is 10.8. The molecule has 2 aromatic rings. The molecule has 0 aromatic heterocycles. The Morgan fingerprint density at radius 1 is 1.11 bits per heavy atom. The maximum atomic E-state index is 9.42. The quantitative estimate of drug-likeness (QED) is 0.895. The molecule has 98 valence electrons. The summed E-state index contributed by atoms with van der Waals surface area (Å²) >= 11 is 0. The summed E-state index contributed by atoms with van der Waals surface area (Å²) in [6.45, 7) is 4.05.